The number of hydrogen-bond acceptors (Lipinski definition) is 4. The second-order valence-electron chi connectivity index (χ2n) is 5.64. The van der Waals surface area contributed by atoms with E-state index >= 15 is 0 Å². The van der Waals surface area contributed by atoms with Gasteiger partial charge in [0.15, 0.2) is 0 Å². The standard InChI is InChI=1S/C14H22FN3O2S/c1-10-6-13(7-12(8-16)14(10)15)21(19,20)18-5-4-17(3)9-11(18)2/h6-7,11H,4-5,8-9,16H2,1-3H3. The van der Waals surface area contributed by atoms with E-state index in [1.165, 1.54) is 16.4 Å². The Hall–Kier alpha value is -1.02. The number of benzene rings is 1. The number of nitrogens with zero attached hydrogens (tertiary/aromatic N) is 2. The van der Waals surface area contributed by atoms with Crippen molar-refractivity contribution < 1.29 is 12.8 Å². The lowest BCUT2D eigenvalue weighted by Crippen LogP contribution is -2.52. The fourth-order valence-electron chi connectivity index (χ4n) is 2.72. The van der Waals surface area contributed by atoms with Crippen molar-refractivity contribution in [2.45, 2.75) is 31.3 Å². The van der Waals surface area contributed by atoms with E-state index in [1.54, 1.807) is 6.92 Å². The number of aryl methyl sites for hydroxylation is 1. The van der Waals surface area contributed by atoms with Gasteiger partial charge in [0.2, 0.25) is 10.0 Å². The average molecular weight is 315 g/mol. The second-order valence-corrected chi connectivity index (χ2v) is 7.53. The van der Waals surface area contributed by atoms with Crippen molar-refractivity contribution >= 4 is 10.0 Å². The van der Waals surface area contributed by atoms with E-state index in [4.69, 9.17) is 5.73 Å². The Labute approximate surface area is 125 Å². The van der Waals surface area contributed by atoms with Gasteiger partial charge in [-0.1, -0.05) is 0 Å². The molecule has 5 nitrogen and oxygen atoms in total. The van der Waals surface area contributed by atoms with Crippen LogP contribution in [0.1, 0.15) is 18.1 Å². The van der Waals surface area contributed by atoms with Gasteiger partial charge in [0, 0.05) is 37.8 Å². The third-order valence-corrected chi connectivity index (χ3v) is 5.89. The summed E-state index contributed by atoms with van der Waals surface area (Å²) in [5.41, 5.74) is 6.04. The Morgan fingerprint density at radius 1 is 1.38 bits per heavy atom. The van der Waals surface area contributed by atoms with E-state index in [2.05, 4.69) is 4.90 Å². The molecule has 1 aromatic carbocycles. The average Bonchev–Trinajstić information content (AvgIpc) is 2.41. The predicted molar refractivity (Wildman–Crippen MR) is 79.9 cm³/mol. The first-order valence-electron chi connectivity index (χ1n) is 6.97. The summed E-state index contributed by atoms with van der Waals surface area (Å²) in [5, 5.41) is 0. The van der Waals surface area contributed by atoms with Crippen molar-refractivity contribution in [3.63, 3.8) is 0 Å². The fraction of sp³-hybridized carbons (Fsp3) is 0.571. The highest BCUT2D eigenvalue weighted by atomic mass is 32.2. The third-order valence-electron chi connectivity index (χ3n) is 3.90. The molecule has 1 atom stereocenters. The maximum Gasteiger partial charge on any atom is 0.243 e. The number of piperazine rings is 1. The molecule has 0 aliphatic carbocycles. The van der Waals surface area contributed by atoms with Gasteiger partial charge in [-0.05, 0) is 38.6 Å². The molecule has 118 valence electrons. The molecule has 1 heterocycles. The lowest BCUT2D eigenvalue weighted by atomic mass is 10.1. The van der Waals surface area contributed by atoms with Gasteiger partial charge in [0.1, 0.15) is 5.82 Å². The van der Waals surface area contributed by atoms with Crippen LogP contribution in [0.2, 0.25) is 0 Å². The minimum atomic E-state index is -3.62. The van der Waals surface area contributed by atoms with Gasteiger partial charge in [0.05, 0.1) is 4.90 Å². The molecule has 0 bridgehead atoms. The predicted octanol–water partition coefficient (Wildman–Crippen LogP) is 0.917. The summed E-state index contributed by atoms with van der Waals surface area (Å²) in [4.78, 5) is 2.22. The Morgan fingerprint density at radius 2 is 2.05 bits per heavy atom. The summed E-state index contributed by atoms with van der Waals surface area (Å²) >= 11 is 0. The van der Waals surface area contributed by atoms with Crippen molar-refractivity contribution in [3.8, 4) is 0 Å². The summed E-state index contributed by atoms with van der Waals surface area (Å²) in [5.74, 6) is -0.428. The Balaban J connectivity index is 2.42. The van der Waals surface area contributed by atoms with Crippen LogP contribution in [0.25, 0.3) is 0 Å². The molecule has 2 N–H and O–H groups in total. The minimum absolute atomic E-state index is 0.0195. The van der Waals surface area contributed by atoms with Gasteiger partial charge in [-0.3, -0.25) is 0 Å². The van der Waals surface area contributed by atoms with Crippen LogP contribution in [0.4, 0.5) is 4.39 Å². The van der Waals surface area contributed by atoms with Crippen molar-refractivity contribution in [1.29, 1.82) is 0 Å². The van der Waals surface area contributed by atoms with Crippen LogP contribution >= 0.6 is 0 Å². The largest absolute Gasteiger partial charge is 0.326 e. The highest BCUT2D eigenvalue weighted by molar-refractivity contribution is 7.89. The minimum Gasteiger partial charge on any atom is -0.326 e. The lowest BCUT2D eigenvalue weighted by Gasteiger charge is -2.37. The number of hydrogen-bond donors (Lipinski definition) is 1. The smallest absolute Gasteiger partial charge is 0.243 e. The van der Waals surface area contributed by atoms with E-state index in [0.717, 1.165) is 0 Å². The van der Waals surface area contributed by atoms with Crippen LogP contribution in [-0.4, -0.2) is 50.3 Å². The first-order valence-corrected chi connectivity index (χ1v) is 8.41. The molecular weight excluding hydrogens is 293 g/mol. The van der Waals surface area contributed by atoms with Crippen molar-refractivity contribution in [2.24, 2.45) is 5.73 Å². The second kappa shape index (κ2) is 6.00. The van der Waals surface area contributed by atoms with Gasteiger partial charge >= 0.3 is 0 Å². The van der Waals surface area contributed by atoms with Crippen LogP contribution in [0, 0.1) is 12.7 Å². The molecule has 0 radical (unpaired) electrons. The molecule has 0 amide bonds. The quantitative estimate of drug-likeness (QED) is 0.901. The summed E-state index contributed by atoms with van der Waals surface area (Å²) in [6, 6.07) is 2.62. The Bertz CT molecular complexity index is 633. The third kappa shape index (κ3) is 3.11. The van der Waals surface area contributed by atoms with Gasteiger partial charge in [-0.25, -0.2) is 12.8 Å². The fourth-order valence-corrected chi connectivity index (χ4v) is 4.47. The SMILES string of the molecule is Cc1cc(S(=O)(=O)N2CCN(C)CC2C)cc(CN)c1F. The number of sulfonamides is 1. The number of nitrogens with two attached hydrogens (primary N) is 1. The molecule has 21 heavy (non-hydrogen) atoms. The summed E-state index contributed by atoms with van der Waals surface area (Å²) in [7, 11) is -1.65. The monoisotopic (exact) mass is 315 g/mol. The Kier molecular flexibility index (Phi) is 4.67. The van der Waals surface area contributed by atoms with Crippen LogP contribution in [0.15, 0.2) is 17.0 Å². The van der Waals surface area contributed by atoms with E-state index in [9.17, 15) is 12.8 Å². The van der Waals surface area contributed by atoms with Crippen molar-refractivity contribution in [1.82, 2.24) is 9.21 Å². The summed E-state index contributed by atoms with van der Waals surface area (Å²) in [6.07, 6.45) is 0. The highest BCUT2D eigenvalue weighted by Gasteiger charge is 2.33. The maximum absolute atomic E-state index is 13.8. The molecule has 1 aliphatic heterocycles. The molecule has 0 saturated carbocycles. The van der Waals surface area contributed by atoms with Crippen molar-refractivity contribution in [3.05, 3.63) is 29.1 Å². The van der Waals surface area contributed by atoms with Gasteiger partial charge < -0.3 is 10.6 Å². The molecule has 1 aromatic rings. The van der Waals surface area contributed by atoms with Gasteiger partial charge in [-0.15, -0.1) is 0 Å². The molecular formula is C14H22FN3O2S. The van der Waals surface area contributed by atoms with Gasteiger partial charge in [-0.2, -0.15) is 4.31 Å². The molecule has 1 aliphatic rings. The first kappa shape index (κ1) is 16.4. The number of halogens is 1. The van der Waals surface area contributed by atoms with Gasteiger partial charge in [0.25, 0.3) is 0 Å². The molecule has 0 aromatic heterocycles. The molecule has 1 fully saturated rings. The number of likely N-dealkylation sites (N-methyl/N-ethyl adjacent to an activating group) is 1. The zero-order valence-electron chi connectivity index (χ0n) is 12.6. The van der Waals surface area contributed by atoms with E-state index < -0.39 is 15.8 Å². The van der Waals surface area contributed by atoms with Crippen LogP contribution in [-0.2, 0) is 16.6 Å². The zero-order chi connectivity index (χ0) is 15.8. The number of rotatable bonds is 3. The molecule has 1 saturated heterocycles. The van der Waals surface area contributed by atoms with Crippen molar-refractivity contribution in [2.75, 3.05) is 26.7 Å². The maximum atomic E-state index is 13.8. The topological polar surface area (TPSA) is 66.6 Å². The first-order chi connectivity index (χ1) is 9.77. The summed E-state index contributed by atoms with van der Waals surface area (Å²) in [6.45, 7) is 5.23. The highest BCUT2D eigenvalue weighted by Crippen LogP contribution is 2.24. The van der Waals surface area contributed by atoms with E-state index in [1.807, 2.05) is 14.0 Å². The lowest BCUT2D eigenvalue weighted by molar-refractivity contribution is 0.170. The van der Waals surface area contributed by atoms with E-state index in [-0.39, 0.29) is 23.0 Å². The zero-order valence-corrected chi connectivity index (χ0v) is 13.5. The van der Waals surface area contributed by atoms with E-state index in [0.29, 0.717) is 25.2 Å². The van der Waals surface area contributed by atoms with Crippen LogP contribution < -0.4 is 5.73 Å². The molecule has 1 unspecified atom stereocenters. The van der Waals surface area contributed by atoms with Crippen LogP contribution in [0.3, 0.4) is 0 Å². The molecule has 7 heteroatoms. The molecule has 2 rings (SSSR count). The normalized spacial score (nSPS) is 21.7. The Morgan fingerprint density at radius 3 is 2.62 bits per heavy atom. The summed E-state index contributed by atoms with van der Waals surface area (Å²) < 4.78 is 40.9. The molecule has 0 spiro atoms. The van der Waals surface area contributed by atoms with Crippen LogP contribution in [0.5, 0.6) is 0 Å².